The van der Waals surface area contributed by atoms with Crippen molar-refractivity contribution in [2.75, 3.05) is 19.4 Å². The van der Waals surface area contributed by atoms with Gasteiger partial charge in [-0.25, -0.2) is 8.78 Å². The Bertz CT molecular complexity index is 443. The second kappa shape index (κ2) is 8.21. The Morgan fingerprint density at radius 2 is 1.95 bits per heavy atom. The zero-order chi connectivity index (χ0) is 15.1. The number of halogens is 2. The smallest absolute Gasteiger partial charge is 0.315 e. The number of carbonyl (C=O) groups is 1. The molecule has 1 N–H and O–H groups in total. The Morgan fingerprint density at radius 1 is 1.35 bits per heavy atom. The summed E-state index contributed by atoms with van der Waals surface area (Å²) in [6, 6.07) is 2.58. The molecule has 0 aliphatic heterocycles. The molecule has 0 spiro atoms. The Morgan fingerprint density at radius 3 is 2.45 bits per heavy atom. The van der Waals surface area contributed by atoms with Crippen LogP contribution < -0.4 is 5.32 Å². The van der Waals surface area contributed by atoms with Gasteiger partial charge in [-0.3, -0.25) is 4.79 Å². The van der Waals surface area contributed by atoms with Gasteiger partial charge in [0.15, 0.2) is 0 Å². The highest BCUT2D eigenvalue weighted by molar-refractivity contribution is 8.00. The molecule has 0 radical (unpaired) electrons. The number of esters is 1. The molecule has 0 unspecified atom stereocenters. The minimum absolute atomic E-state index is 0.116. The van der Waals surface area contributed by atoms with E-state index in [2.05, 4.69) is 23.9 Å². The summed E-state index contributed by atoms with van der Waals surface area (Å²) in [6.45, 7) is 5.30. The fraction of sp³-hybridized carbons (Fsp3) is 0.500. The minimum Gasteiger partial charge on any atom is -0.468 e. The predicted octanol–water partition coefficient (Wildman–Crippen LogP) is 2.98. The van der Waals surface area contributed by atoms with Crippen LogP contribution >= 0.6 is 11.8 Å². The fourth-order valence-corrected chi connectivity index (χ4v) is 2.32. The molecule has 6 heteroatoms. The lowest BCUT2D eigenvalue weighted by molar-refractivity contribution is -0.137. The van der Waals surface area contributed by atoms with Gasteiger partial charge in [-0.2, -0.15) is 0 Å². The molecular formula is C14H19F2NO2S. The van der Waals surface area contributed by atoms with Gasteiger partial charge in [-0.1, -0.05) is 13.8 Å². The molecule has 0 saturated heterocycles. The molecule has 3 nitrogen and oxygen atoms in total. The highest BCUT2D eigenvalue weighted by Gasteiger charge is 2.14. The summed E-state index contributed by atoms with van der Waals surface area (Å²) < 4.78 is 32.1. The number of benzene rings is 1. The van der Waals surface area contributed by atoms with Crippen molar-refractivity contribution in [2.45, 2.75) is 25.3 Å². The highest BCUT2D eigenvalue weighted by Crippen LogP contribution is 2.26. The maximum atomic E-state index is 13.8. The van der Waals surface area contributed by atoms with Crippen molar-refractivity contribution in [1.82, 2.24) is 5.32 Å². The molecule has 0 bridgehead atoms. The lowest BCUT2D eigenvalue weighted by Crippen LogP contribution is -2.19. The molecule has 0 heterocycles. The summed E-state index contributed by atoms with van der Waals surface area (Å²) in [5.74, 6) is -1.47. The zero-order valence-corrected chi connectivity index (χ0v) is 12.7. The van der Waals surface area contributed by atoms with E-state index in [4.69, 9.17) is 0 Å². The van der Waals surface area contributed by atoms with E-state index < -0.39 is 17.6 Å². The Labute approximate surface area is 122 Å². The first kappa shape index (κ1) is 16.9. The maximum absolute atomic E-state index is 13.8. The Hall–Kier alpha value is -1.14. The normalized spacial score (nSPS) is 10.9. The highest BCUT2D eigenvalue weighted by atomic mass is 32.2. The van der Waals surface area contributed by atoms with Gasteiger partial charge in [0.25, 0.3) is 0 Å². The van der Waals surface area contributed by atoms with E-state index in [1.165, 1.54) is 19.2 Å². The van der Waals surface area contributed by atoms with E-state index in [9.17, 15) is 13.6 Å². The molecule has 0 amide bonds. The van der Waals surface area contributed by atoms with Crippen LogP contribution in [0, 0.1) is 17.6 Å². The van der Waals surface area contributed by atoms with Crippen LogP contribution in [0.3, 0.4) is 0 Å². The van der Waals surface area contributed by atoms with E-state index in [0.29, 0.717) is 18.0 Å². The van der Waals surface area contributed by atoms with Crippen molar-refractivity contribution in [2.24, 2.45) is 5.92 Å². The van der Waals surface area contributed by atoms with Crippen molar-refractivity contribution in [3.05, 3.63) is 29.3 Å². The van der Waals surface area contributed by atoms with Crippen LogP contribution in [0.5, 0.6) is 0 Å². The molecule has 20 heavy (non-hydrogen) atoms. The second-order valence-electron chi connectivity index (χ2n) is 4.78. The van der Waals surface area contributed by atoms with Crippen molar-refractivity contribution in [3.63, 3.8) is 0 Å². The van der Waals surface area contributed by atoms with E-state index in [1.807, 2.05) is 0 Å². The quantitative estimate of drug-likeness (QED) is 0.621. The topological polar surface area (TPSA) is 38.3 Å². The number of hydrogen-bond donors (Lipinski definition) is 1. The van der Waals surface area contributed by atoms with Gasteiger partial charge in [-0.05, 0) is 30.2 Å². The van der Waals surface area contributed by atoms with Crippen LogP contribution in [0.1, 0.15) is 19.4 Å². The van der Waals surface area contributed by atoms with Gasteiger partial charge in [-0.15, -0.1) is 11.8 Å². The van der Waals surface area contributed by atoms with E-state index in [0.717, 1.165) is 18.3 Å². The second-order valence-corrected chi connectivity index (χ2v) is 5.76. The van der Waals surface area contributed by atoms with Gasteiger partial charge in [0.05, 0.1) is 17.8 Å². The number of rotatable bonds is 7. The fourth-order valence-electron chi connectivity index (χ4n) is 1.55. The first-order valence-corrected chi connectivity index (χ1v) is 7.30. The van der Waals surface area contributed by atoms with E-state index in [-0.39, 0.29) is 10.6 Å². The molecule has 0 aromatic heterocycles. The molecule has 0 saturated carbocycles. The summed E-state index contributed by atoms with van der Waals surface area (Å²) in [5, 5.41) is 3.12. The monoisotopic (exact) mass is 303 g/mol. The average molecular weight is 303 g/mol. The summed E-state index contributed by atoms with van der Waals surface area (Å²) in [7, 11) is 1.24. The third-order valence-electron chi connectivity index (χ3n) is 2.50. The van der Waals surface area contributed by atoms with E-state index >= 15 is 0 Å². The molecule has 0 aliphatic rings. The van der Waals surface area contributed by atoms with Crippen LogP contribution in [0.4, 0.5) is 8.78 Å². The van der Waals surface area contributed by atoms with Crippen molar-refractivity contribution < 1.29 is 18.3 Å². The lowest BCUT2D eigenvalue weighted by Gasteiger charge is -2.10. The number of methoxy groups -OCH3 is 1. The first-order valence-electron chi connectivity index (χ1n) is 6.32. The van der Waals surface area contributed by atoms with Crippen LogP contribution in [-0.4, -0.2) is 25.4 Å². The first-order chi connectivity index (χ1) is 9.43. The summed E-state index contributed by atoms with van der Waals surface area (Å²) in [5.41, 5.74) is 0.545. The molecule has 1 aromatic rings. The standard InChI is InChI=1S/C14H19F2NO2S/c1-9(2)6-17-7-10-4-11(15)14(12(16)5-10)20-8-13(18)19-3/h4-5,9,17H,6-8H2,1-3H3. The molecule has 0 atom stereocenters. The summed E-state index contributed by atoms with van der Waals surface area (Å²) >= 11 is 0.799. The minimum atomic E-state index is -0.653. The van der Waals surface area contributed by atoms with Crippen LogP contribution in [-0.2, 0) is 16.1 Å². The summed E-state index contributed by atoms with van der Waals surface area (Å²) in [4.78, 5) is 10.8. The van der Waals surface area contributed by atoms with Crippen LogP contribution in [0.15, 0.2) is 17.0 Å². The average Bonchev–Trinajstić information content (AvgIpc) is 2.37. The number of carbonyl (C=O) groups excluding carboxylic acids is 1. The third-order valence-corrected chi connectivity index (χ3v) is 3.56. The number of nitrogens with one attached hydrogen (secondary N) is 1. The van der Waals surface area contributed by atoms with Gasteiger partial charge in [0, 0.05) is 6.54 Å². The summed E-state index contributed by atoms with van der Waals surface area (Å²) in [6.07, 6.45) is 0. The maximum Gasteiger partial charge on any atom is 0.315 e. The Balaban J connectivity index is 2.68. The molecule has 0 fully saturated rings. The number of ether oxygens (including phenoxy) is 1. The molecule has 112 valence electrons. The predicted molar refractivity (Wildman–Crippen MR) is 75.6 cm³/mol. The lowest BCUT2D eigenvalue weighted by atomic mass is 10.2. The SMILES string of the molecule is COC(=O)CSc1c(F)cc(CNCC(C)C)cc1F. The Kier molecular flexibility index (Phi) is 6.95. The van der Waals surface area contributed by atoms with Gasteiger partial charge in [0.1, 0.15) is 11.6 Å². The largest absolute Gasteiger partial charge is 0.468 e. The third kappa shape index (κ3) is 5.46. The molecule has 0 aliphatic carbocycles. The van der Waals surface area contributed by atoms with E-state index in [1.54, 1.807) is 0 Å². The van der Waals surface area contributed by atoms with Crippen molar-refractivity contribution >= 4 is 17.7 Å². The zero-order valence-electron chi connectivity index (χ0n) is 11.8. The van der Waals surface area contributed by atoms with Crippen molar-refractivity contribution in [3.8, 4) is 0 Å². The molecular weight excluding hydrogens is 284 g/mol. The van der Waals surface area contributed by atoms with Gasteiger partial charge in [0.2, 0.25) is 0 Å². The number of thioether (sulfide) groups is 1. The molecule has 1 aromatic carbocycles. The van der Waals surface area contributed by atoms with Crippen molar-refractivity contribution in [1.29, 1.82) is 0 Å². The number of hydrogen-bond acceptors (Lipinski definition) is 4. The van der Waals surface area contributed by atoms with Crippen LogP contribution in [0.25, 0.3) is 0 Å². The van der Waals surface area contributed by atoms with Gasteiger partial charge < -0.3 is 10.1 Å². The van der Waals surface area contributed by atoms with Crippen LogP contribution in [0.2, 0.25) is 0 Å². The van der Waals surface area contributed by atoms with Gasteiger partial charge >= 0.3 is 5.97 Å². The molecule has 1 rings (SSSR count).